The van der Waals surface area contributed by atoms with Gasteiger partial charge in [0.25, 0.3) is 0 Å². The molecule has 0 aromatic heterocycles. The zero-order valence-corrected chi connectivity index (χ0v) is 61.2. The second-order valence-corrected chi connectivity index (χ2v) is 29.4. The summed E-state index contributed by atoms with van der Waals surface area (Å²) in [4.78, 5) is 66.8. The topological polar surface area (TPSA) is 301 Å². The number of hydrogen-bond donors (Lipinski definition) is 6. The van der Waals surface area contributed by atoms with Crippen LogP contribution < -0.4 is 21.7 Å². The lowest BCUT2D eigenvalue weighted by Gasteiger charge is -2.05. The number of carbonyl (C=O) groups is 6. The van der Waals surface area contributed by atoms with E-state index in [4.69, 9.17) is 5.73 Å². The molecular formula is C64H100N4O14S8. The number of thiol groups is 2. The first-order valence-electron chi connectivity index (χ1n) is 29.0. The van der Waals surface area contributed by atoms with Crippen LogP contribution in [0.2, 0.25) is 0 Å². The molecule has 4 aromatic rings. The number of likely N-dealkylation sites (N-methyl/N-ethyl adjacent to an activating group) is 1. The van der Waals surface area contributed by atoms with Gasteiger partial charge in [-0.3, -0.25) is 28.8 Å². The highest BCUT2D eigenvalue weighted by atomic mass is 32.2. The summed E-state index contributed by atoms with van der Waals surface area (Å²) in [7, 11) is -10.0. The normalized spacial score (nSPS) is 10.2. The largest absolute Gasteiger partial charge is 0.359 e. The van der Waals surface area contributed by atoms with Crippen LogP contribution in [0.1, 0.15) is 143 Å². The van der Waals surface area contributed by atoms with Crippen LogP contribution in [0, 0.1) is 0 Å². The molecule has 0 spiro atoms. The van der Waals surface area contributed by atoms with Crippen molar-refractivity contribution < 1.29 is 62.4 Å². The van der Waals surface area contributed by atoms with E-state index in [0.29, 0.717) is 71.6 Å². The molecule has 26 heteroatoms. The monoisotopic (exact) mass is 1400 g/mol. The number of nitrogens with two attached hydrogens (primary N) is 1. The Morgan fingerprint density at radius 3 is 0.967 bits per heavy atom. The van der Waals surface area contributed by atoms with Gasteiger partial charge < -0.3 is 21.7 Å². The summed E-state index contributed by atoms with van der Waals surface area (Å²) in [5.74, 6) is 5.70. The zero-order chi connectivity index (χ0) is 70.4. The van der Waals surface area contributed by atoms with Crippen LogP contribution >= 0.6 is 48.8 Å². The summed E-state index contributed by atoms with van der Waals surface area (Å²) in [5, 5.41) is 9.69. The maximum Gasteiger partial charge on any atom is 0.243 e. The average molecular weight is 1410 g/mol. The minimum absolute atomic E-state index is 0.00227. The van der Waals surface area contributed by atoms with Crippen LogP contribution in [-0.2, 0) is 48.9 Å². The van der Waals surface area contributed by atoms with E-state index < -0.39 is 39.3 Å². The van der Waals surface area contributed by atoms with Gasteiger partial charge in [0.1, 0.15) is 0 Å². The van der Waals surface area contributed by atoms with Crippen molar-refractivity contribution in [2.75, 3.05) is 79.8 Å². The number of benzene rings is 4. The first-order chi connectivity index (χ1) is 42.4. The molecule has 0 saturated heterocycles. The zero-order valence-electron chi connectivity index (χ0n) is 54.5. The SMILES string of the molecule is C=CC(=O)NC.C=CS(=O)(=O)c1ccc(C(=O)CC)cc1.C=CS(=O)(=O)c1ccc(C(=O)CC)cc1.CCN.CCNCCS(=O)(=O)c1ccc(C(=O)CC)cc1.CCS.CCS.CCSCCC(=O)NC.CCSCCS(=O)(=O)c1ccc(C(=O)CC)cc1. The van der Waals surface area contributed by atoms with E-state index in [1.54, 1.807) is 89.6 Å². The molecule has 0 saturated carbocycles. The number of nitrogens with one attached hydrogen (secondary N) is 3. The lowest BCUT2D eigenvalue weighted by Crippen LogP contribution is -2.22. The standard InChI is InChI=1S/C13H19NO3S.C13H18O3S2.2C11H12O3S.C6H13NOS.C4H7NO.C2H7N.2C2H6S/c1-3-13(15)11-5-7-12(8-6-11)18(16,17)10-9-14-4-2;1-3-13(14)11-5-7-12(8-6-11)18(15,16)10-9-17-4-2;2*1-3-11(12)9-5-7-10(8-6-9)15(13,14)4-2;1-3-9-5-4-6(8)7-2;1-3-4(6)5-2;3*1-2-3/h5-8,14H,3-4,9-10H2,1-2H3;5-8H,3-4,9-10H2,1-2H3;2*4-8H,2-3H2,1H3;3-5H2,1-2H3,(H,7,8);3H,1H2,2H3,(H,5,6);2-3H2,1H3;2*3H,2H2,1H3. The number of carbonyl (C=O) groups excluding carboxylic acids is 6. The molecule has 0 atom stereocenters. The highest BCUT2D eigenvalue weighted by Gasteiger charge is 2.17. The van der Waals surface area contributed by atoms with Crippen LogP contribution in [0.5, 0.6) is 0 Å². The van der Waals surface area contributed by atoms with E-state index in [-0.39, 0.29) is 61.1 Å². The van der Waals surface area contributed by atoms with Gasteiger partial charge in [-0.2, -0.15) is 48.8 Å². The van der Waals surface area contributed by atoms with Gasteiger partial charge in [-0.15, -0.1) is 0 Å². The molecule has 0 heterocycles. The van der Waals surface area contributed by atoms with Gasteiger partial charge in [-0.1, -0.05) is 138 Å². The molecule has 2 amide bonds. The molecule has 508 valence electrons. The van der Waals surface area contributed by atoms with Gasteiger partial charge in [0.15, 0.2) is 62.5 Å². The first kappa shape index (κ1) is 93.6. The van der Waals surface area contributed by atoms with Crippen molar-refractivity contribution >= 4 is 123 Å². The van der Waals surface area contributed by atoms with E-state index in [1.165, 1.54) is 78.9 Å². The Morgan fingerprint density at radius 1 is 0.467 bits per heavy atom. The maximum atomic E-state index is 12.0. The highest BCUT2D eigenvalue weighted by Crippen LogP contribution is 2.18. The lowest BCUT2D eigenvalue weighted by atomic mass is 10.1. The van der Waals surface area contributed by atoms with Crippen molar-refractivity contribution in [1.82, 2.24) is 16.0 Å². The smallest absolute Gasteiger partial charge is 0.243 e. The second kappa shape index (κ2) is 56.6. The molecule has 4 aromatic carbocycles. The van der Waals surface area contributed by atoms with Crippen molar-refractivity contribution in [2.45, 2.75) is 121 Å². The highest BCUT2D eigenvalue weighted by molar-refractivity contribution is 8.00. The van der Waals surface area contributed by atoms with E-state index >= 15 is 0 Å². The number of ketones is 4. The van der Waals surface area contributed by atoms with Crippen LogP contribution in [-0.4, -0.2) is 148 Å². The van der Waals surface area contributed by atoms with Gasteiger partial charge in [0, 0.05) is 97.3 Å². The number of sulfone groups is 4. The Morgan fingerprint density at radius 2 is 0.744 bits per heavy atom. The van der Waals surface area contributed by atoms with E-state index in [1.807, 2.05) is 34.6 Å². The Bertz CT molecular complexity index is 2950. The fourth-order valence-electron chi connectivity index (χ4n) is 5.83. The van der Waals surface area contributed by atoms with Crippen LogP contribution in [0.25, 0.3) is 0 Å². The van der Waals surface area contributed by atoms with Crippen molar-refractivity contribution in [2.24, 2.45) is 5.73 Å². The van der Waals surface area contributed by atoms with Crippen LogP contribution in [0.15, 0.2) is 153 Å². The predicted molar refractivity (Wildman–Crippen MR) is 384 cm³/mol. The molecule has 4 rings (SSSR count). The maximum absolute atomic E-state index is 12.0. The molecule has 0 aliphatic heterocycles. The van der Waals surface area contributed by atoms with Gasteiger partial charge in [-0.05, 0) is 90.7 Å². The van der Waals surface area contributed by atoms with E-state index in [2.05, 4.69) is 67.9 Å². The third-order valence-corrected chi connectivity index (χ3v) is 19.0. The summed E-state index contributed by atoms with van der Waals surface area (Å²) < 4.78 is 93.2. The molecular weight excluding hydrogens is 1310 g/mol. The quantitative estimate of drug-likeness (QED) is 0.0140. The van der Waals surface area contributed by atoms with Crippen molar-refractivity contribution in [1.29, 1.82) is 0 Å². The Hall–Kier alpha value is -5.16. The molecule has 0 aliphatic carbocycles. The second-order valence-electron chi connectivity index (χ2n) is 17.3. The third-order valence-electron chi connectivity index (χ3n) is 10.7. The van der Waals surface area contributed by atoms with Gasteiger partial charge >= 0.3 is 0 Å². The molecule has 0 radical (unpaired) electrons. The molecule has 0 fully saturated rings. The number of rotatable bonds is 27. The number of thioether (sulfide) groups is 2. The summed E-state index contributed by atoms with van der Waals surface area (Å²) in [6.45, 7) is 30.6. The Balaban J connectivity index is -0.000000319. The minimum atomic E-state index is -3.39. The Kier molecular flexibility index (Phi) is 58.8. The molecule has 90 heavy (non-hydrogen) atoms. The van der Waals surface area contributed by atoms with Crippen molar-refractivity contribution in [3.63, 3.8) is 0 Å². The van der Waals surface area contributed by atoms with E-state index in [9.17, 15) is 62.4 Å². The number of hydrogen-bond acceptors (Lipinski definition) is 20. The number of Topliss-reactive ketones (excluding diaryl/α,β-unsaturated/α-hetero) is 4. The molecule has 0 aliphatic rings. The van der Waals surface area contributed by atoms with Gasteiger partial charge in [0.05, 0.1) is 31.1 Å². The molecule has 18 nitrogen and oxygen atoms in total. The van der Waals surface area contributed by atoms with Crippen molar-refractivity contribution in [3.05, 3.63) is 156 Å². The van der Waals surface area contributed by atoms with Crippen molar-refractivity contribution in [3.8, 4) is 0 Å². The molecule has 0 bridgehead atoms. The number of amides is 2. The minimum Gasteiger partial charge on any atom is -0.359 e. The average Bonchev–Trinajstić information content (AvgIpc) is 1.23. The fourth-order valence-corrected chi connectivity index (χ4v) is 11.5. The molecule has 0 unspecified atom stereocenters. The van der Waals surface area contributed by atoms with Crippen LogP contribution in [0.4, 0.5) is 0 Å². The summed E-state index contributed by atoms with van der Waals surface area (Å²) in [6.07, 6.45) is 3.54. The van der Waals surface area contributed by atoms with Gasteiger partial charge in [0.2, 0.25) is 11.8 Å². The summed E-state index contributed by atoms with van der Waals surface area (Å²) >= 11 is 11.0. The predicted octanol–water partition coefficient (Wildman–Crippen LogP) is 11.5. The third kappa shape index (κ3) is 44.4. The van der Waals surface area contributed by atoms with E-state index in [0.717, 1.165) is 52.7 Å². The summed E-state index contributed by atoms with van der Waals surface area (Å²) in [5.41, 5.74) is 7.03. The first-order valence-corrected chi connectivity index (χ1v) is 38.9. The Labute approximate surface area is 559 Å². The van der Waals surface area contributed by atoms with Crippen LogP contribution in [0.3, 0.4) is 0 Å². The fraction of sp³-hybridized carbons (Fsp3) is 0.438. The lowest BCUT2D eigenvalue weighted by molar-refractivity contribution is -0.120. The summed E-state index contributed by atoms with van der Waals surface area (Å²) in [6, 6.07) is 24.1. The molecule has 5 N–H and O–H groups in total. The van der Waals surface area contributed by atoms with Gasteiger partial charge in [-0.25, -0.2) is 33.7 Å².